The minimum atomic E-state index is -0.509. The molecule has 21 heavy (non-hydrogen) atoms. The molecule has 112 valence electrons. The van der Waals surface area contributed by atoms with E-state index in [2.05, 4.69) is 5.32 Å². The van der Waals surface area contributed by atoms with Crippen molar-refractivity contribution in [1.82, 2.24) is 5.32 Å². The van der Waals surface area contributed by atoms with Gasteiger partial charge < -0.3 is 20.2 Å². The van der Waals surface area contributed by atoms with E-state index in [1.807, 2.05) is 30.3 Å². The number of carbonyl (C=O) groups excluding carboxylic acids is 1. The molecule has 1 heterocycles. The predicted molar refractivity (Wildman–Crippen MR) is 80.5 cm³/mol. The number of para-hydroxylation sites is 1. The Morgan fingerprint density at radius 2 is 2.14 bits per heavy atom. The maximum atomic E-state index is 11.8. The Morgan fingerprint density at radius 3 is 2.86 bits per heavy atom. The molecule has 0 radical (unpaired) electrons. The Balaban J connectivity index is 1.70. The first-order valence-corrected chi connectivity index (χ1v) is 6.92. The van der Waals surface area contributed by atoms with Crippen LogP contribution >= 0.6 is 0 Å². The van der Waals surface area contributed by atoms with Crippen LogP contribution in [-0.4, -0.2) is 18.6 Å². The average Bonchev–Trinajstić information content (AvgIpc) is 3.00. The van der Waals surface area contributed by atoms with Crippen LogP contribution in [0.1, 0.15) is 18.2 Å². The second-order valence-corrected chi connectivity index (χ2v) is 4.76. The normalized spacial score (nSPS) is 12.0. The molecule has 1 amide bonds. The minimum absolute atomic E-state index is 0.160. The number of nitrogens with one attached hydrogen (secondary N) is 1. The number of hydrogen-bond acceptors (Lipinski definition) is 4. The van der Waals surface area contributed by atoms with Crippen molar-refractivity contribution >= 4 is 11.6 Å². The van der Waals surface area contributed by atoms with E-state index in [1.165, 1.54) is 0 Å². The molecule has 1 unspecified atom stereocenters. The molecule has 5 nitrogen and oxygen atoms in total. The van der Waals surface area contributed by atoms with Crippen molar-refractivity contribution in [3.63, 3.8) is 0 Å². The molecule has 0 spiro atoms. The molecule has 5 heteroatoms. The van der Waals surface area contributed by atoms with Crippen molar-refractivity contribution < 1.29 is 13.9 Å². The van der Waals surface area contributed by atoms with Gasteiger partial charge in [0, 0.05) is 5.69 Å². The van der Waals surface area contributed by atoms with Crippen molar-refractivity contribution in [3.05, 3.63) is 54.0 Å². The van der Waals surface area contributed by atoms with Gasteiger partial charge in [-0.05, 0) is 37.1 Å². The fourth-order valence-electron chi connectivity index (χ4n) is 1.91. The van der Waals surface area contributed by atoms with Gasteiger partial charge in [-0.1, -0.05) is 18.2 Å². The molecule has 2 aromatic rings. The highest BCUT2D eigenvalue weighted by Crippen LogP contribution is 2.11. The number of rotatable bonds is 7. The summed E-state index contributed by atoms with van der Waals surface area (Å²) in [4.78, 5) is 11.8. The first kappa shape index (κ1) is 15.1. The maximum Gasteiger partial charge on any atom is 0.249 e. The van der Waals surface area contributed by atoms with E-state index in [9.17, 15) is 4.79 Å². The van der Waals surface area contributed by atoms with Gasteiger partial charge in [-0.3, -0.25) is 4.79 Å². The molecule has 0 aliphatic carbocycles. The Hall–Kier alpha value is -2.27. The molecular weight excluding hydrogens is 268 g/mol. The standard InChI is InChI=1S/C16H20N2O3/c1-12(16(19)18-11-14-6-4-9-21-14)20-10-8-13-5-2-3-7-15(13)17/h2-7,9,12H,8,10-11,17H2,1H3,(H,18,19). The molecule has 0 fully saturated rings. The SMILES string of the molecule is CC(OCCc1ccccc1N)C(=O)NCc1ccco1. The Labute approximate surface area is 124 Å². The lowest BCUT2D eigenvalue weighted by atomic mass is 10.1. The van der Waals surface area contributed by atoms with E-state index >= 15 is 0 Å². The summed E-state index contributed by atoms with van der Waals surface area (Å²) < 4.78 is 10.7. The number of nitrogen functional groups attached to an aromatic ring is 1. The first-order valence-electron chi connectivity index (χ1n) is 6.92. The van der Waals surface area contributed by atoms with Gasteiger partial charge >= 0.3 is 0 Å². The van der Waals surface area contributed by atoms with Crippen molar-refractivity contribution in [3.8, 4) is 0 Å². The largest absolute Gasteiger partial charge is 0.467 e. The van der Waals surface area contributed by atoms with Gasteiger partial charge in [0.2, 0.25) is 5.91 Å². The zero-order valence-corrected chi connectivity index (χ0v) is 12.0. The van der Waals surface area contributed by atoms with Crippen LogP contribution in [0.2, 0.25) is 0 Å². The van der Waals surface area contributed by atoms with Gasteiger partial charge in [-0.25, -0.2) is 0 Å². The van der Waals surface area contributed by atoms with Gasteiger partial charge in [0.25, 0.3) is 0 Å². The summed E-state index contributed by atoms with van der Waals surface area (Å²) in [6.45, 7) is 2.54. The Kier molecular flexibility index (Phi) is 5.40. The lowest BCUT2D eigenvalue weighted by Gasteiger charge is -2.13. The molecule has 0 aliphatic rings. The van der Waals surface area contributed by atoms with Crippen LogP contribution in [0.4, 0.5) is 5.69 Å². The summed E-state index contributed by atoms with van der Waals surface area (Å²) >= 11 is 0. The molecule has 1 aromatic heterocycles. The van der Waals surface area contributed by atoms with Crippen molar-refractivity contribution in [2.24, 2.45) is 0 Å². The second kappa shape index (κ2) is 7.50. The summed E-state index contributed by atoms with van der Waals surface area (Å²) in [5.41, 5.74) is 7.63. The molecule has 1 atom stereocenters. The summed E-state index contributed by atoms with van der Waals surface area (Å²) in [5.74, 6) is 0.556. The third kappa shape index (κ3) is 4.65. The zero-order valence-electron chi connectivity index (χ0n) is 12.0. The number of nitrogens with two attached hydrogens (primary N) is 1. The fourth-order valence-corrected chi connectivity index (χ4v) is 1.91. The van der Waals surface area contributed by atoms with Crippen molar-refractivity contribution in [2.45, 2.75) is 26.0 Å². The molecule has 1 aromatic carbocycles. The minimum Gasteiger partial charge on any atom is -0.467 e. The summed E-state index contributed by atoms with van der Waals surface area (Å²) in [7, 11) is 0. The number of hydrogen-bond donors (Lipinski definition) is 2. The van der Waals surface area contributed by atoms with E-state index in [0.29, 0.717) is 25.3 Å². The number of carbonyl (C=O) groups is 1. The maximum absolute atomic E-state index is 11.8. The molecule has 0 bridgehead atoms. The highest BCUT2D eigenvalue weighted by Gasteiger charge is 2.13. The van der Waals surface area contributed by atoms with E-state index in [0.717, 1.165) is 11.3 Å². The Bertz CT molecular complexity index is 567. The number of amides is 1. The van der Waals surface area contributed by atoms with Gasteiger partial charge in [0.15, 0.2) is 0 Å². The Morgan fingerprint density at radius 1 is 1.33 bits per heavy atom. The van der Waals surface area contributed by atoms with E-state index in [1.54, 1.807) is 19.3 Å². The number of benzene rings is 1. The van der Waals surface area contributed by atoms with Crippen molar-refractivity contribution in [2.75, 3.05) is 12.3 Å². The smallest absolute Gasteiger partial charge is 0.249 e. The van der Waals surface area contributed by atoms with Gasteiger partial charge in [-0.2, -0.15) is 0 Å². The molecule has 0 saturated heterocycles. The monoisotopic (exact) mass is 288 g/mol. The molecule has 0 saturated carbocycles. The van der Waals surface area contributed by atoms with Gasteiger partial charge in [-0.15, -0.1) is 0 Å². The van der Waals surface area contributed by atoms with Crippen LogP contribution < -0.4 is 11.1 Å². The van der Waals surface area contributed by atoms with E-state index < -0.39 is 6.10 Å². The first-order chi connectivity index (χ1) is 10.2. The number of ether oxygens (including phenoxy) is 1. The highest BCUT2D eigenvalue weighted by atomic mass is 16.5. The second-order valence-electron chi connectivity index (χ2n) is 4.76. The van der Waals surface area contributed by atoms with Crippen LogP contribution in [0.5, 0.6) is 0 Å². The van der Waals surface area contributed by atoms with Gasteiger partial charge in [0.1, 0.15) is 11.9 Å². The lowest BCUT2D eigenvalue weighted by Crippen LogP contribution is -2.34. The topological polar surface area (TPSA) is 77.5 Å². The predicted octanol–water partition coefficient (Wildman–Crippen LogP) is 2.13. The zero-order chi connectivity index (χ0) is 15.1. The van der Waals surface area contributed by atoms with Crippen LogP contribution in [-0.2, 0) is 22.5 Å². The summed E-state index contributed by atoms with van der Waals surface area (Å²) in [5, 5.41) is 2.76. The van der Waals surface area contributed by atoms with Crippen LogP contribution in [0.15, 0.2) is 47.1 Å². The van der Waals surface area contributed by atoms with Crippen LogP contribution in [0.25, 0.3) is 0 Å². The van der Waals surface area contributed by atoms with Gasteiger partial charge in [0.05, 0.1) is 19.4 Å². The molecule has 3 N–H and O–H groups in total. The highest BCUT2D eigenvalue weighted by molar-refractivity contribution is 5.80. The lowest BCUT2D eigenvalue weighted by molar-refractivity contribution is -0.131. The third-order valence-corrected chi connectivity index (χ3v) is 3.18. The quantitative estimate of drug-likeness (QED) is 0.765. The summed E-state index contributed by atoms with van der Waals surface area (Å²) in [6, 6.07) is 11.2. The van der Waals surface area contributed by atoms with E-state index in [-0.39, 0.29) is 5.91 Å². The van der Waals surface area contributed by atoms with Crippen LogP contribution in [0, 0.1) is 0 Å². The molecule has 0 aliphatic heterocycles. The van der Waals surface area contributed by atoms with Crippen molar-refractivity contribution in [1.29, 1.82) is 0 Å². The summed E-state index contributed by atoms with van der Waals surface area (Å²) in [6.07, 6.45) is 1.75. The number of furan rings is 1. The molecule has 2 rings (SSSR count). The number of anilines is 1. The molecular formula is C16H20N2O3. The fraction of sp³-hybridized carbons (Fsp3) is 0.312. The van der Waals surface area contributed by atoms with Crippen LogP contribution in [0.3, 0.4) is 0 Å². The average molecular weight is 288 g/mol. The van der Waals surface area contributed by atoms with E-state index in [4.69, 9.17) is 14.9 Å². The third-order valence-electron chi connectivity index (χ3n) is 3.18.